The standard InChI is InChI=1S/C13H19N5O/c1-10(14-2)13-15-16-17-18(13)8-7-11-5-4-6-12(9-11)19-3/h4-6,9-10,14H,7-8H2,1-3H3. The van der Waals surface area contributed by atoms with E-state index in [1.165, 1.54) is 5.56 Å². The second-order valence-corrected chi connectivity index (χ2v) is 4.37. The van der Waals surface area contributed by atoms with Gasteiger partial charge in [0.15, 0.2) is 5.82 Å². The predicted molar refractivity (Wildman–Crippen MR) is 72.0 cm³/mol. The number of hydrogen-bond donors (Lipinski definition) is 1. The van der Waals surface area contributed by atoms with Crippen LogP contribution in [0.4, 0.5) is 0 Å². The first-order chi connectivity index (χ1) is 9.24. The maximum Gasteiger partial charge on any atom is 0.167 e. The van der Waals surface area contributed by atoms with Crippen molar-refractivity contribution in [3.63, 3.8) is 0 Å². The van der Waals surface area contributed by atoms with Gasteiger partial charge in [-0.3, -0.25) is 0 Å². The number of ether oxygens (including phenoxy) is 1. The van der Waals surface area contributed by atoms with Crippen molar-refractivity contribution >= 4 is 0 Å². The Labute approximate surface area is 112 Å². The molecule has 0 aliphatic carbocycles. The van der Waals surface area contributed by atoms with E-state index in [0.29, 0.717) is 0 Å². The number of methoxy groups -OCH3 is 1. The van der Waals surface area contributed by atoms with Crippen LogP contribution in [0.2, 0.25) is 0 Å². The van der Waals surface area contributed by atoms with E-state index in [0.717, 1.165) is 24.5 Å². The Morgan fingerprint density at radius 2 is 2.26 bits per heavy atom. The second kappa shape index (κ2) is 6.29. The monoisotopic (exact) mass is 261 g/mol. The molecular weight excluding hydrogens is 242 g/mol. The lowest BCUT2D eigenvalue weighted by atomic mass is 10.1. The van der Waals surface area contributed by atoms with Gasteiger partial charge in [-0.25, -0.2) is 4.68 Å². The zero-order chi connectivity index (χ0) is 13.7. The Bertz CT molecular complexity index is 525. The second-order valence-electron chi connectivity index (χ2n) is 4.37. The molecule has 0 saturated carbocycles. The van der Waals surface area contributed by atoms with Crippen molar-refractivity contribution in [3.8, 4) is 5.75 Å². The van der Waals surface area contributed by atoms with Crippen LogP contribution < -0.4 is 10.1 Å². The van der Waals surface area contributed by atoms with Crippen LogP contribution in [-0.2, 0) is 13.0 Å². The highest BCUT2D eigenvalue weighted by atomic mass is 16.5. The third kappa shape index (κ3) is 3.29. The lowest BCUT2D eigenvalue weighted by Gasteiger charge is -2.10. The van der Waals surface area contributed by atoms with Gasteiger partial charge in [0.25, 0.3) is 0 Å². The van der Waals surface area contributed by atoms with Gasteiger partial charge in [0.2, 0.25) is 0 Å². The molecule has 0 aliphatic heterocycles. The van der Waals surface area contributed by atoms with Crippen LogP contribution in [0.3, 0.4) is 0 Å². The van der Waals surface area contributed by atoms with Gasteiger partial charge >= 0.3 is 0 Å². The minimum atomic E-state index is 0.139. The molecule has 1 aromatic heterocycles. The molecule has 1 N–H and O–H groups in total. The van der Waals surface area contributed by atoms with Crippen molar-refractivity contribution in [2.75, 3.05) is 14.2 Å². The lowest BCUT2D eigenvalue weighted by molar-refractivity contribution is 0.414. The molecule has 0 amide bonds. The van der Waals surface area contributed by atoms with Crippen molar-refractivity contribution in [1.29, 1.82) is 0 Å². The molecule has 2 aromatic rings. The summed E-state index contributed by atoms with van der Waals surface area (Å²) in [5.74, 6) is 1.73. The predicted octanol–water partition coefficient (Wildman–Crippen LogP) is 1.20. The van der Waals surface area contributed by atoms with E-state index in [9.17, 15) is 0 Å². The minimum absolute atomic E-state index is 0.139. The molecular formula is C13H19N5O. The van der Waals surface area contributed by atoms with Gasteiger partial charge in [0.05, 0.1) is 13.2 Å². The molecule has 1 atom stereocenters. The Kier molecular flexibility index (Phi) is 4.46. The Morgan fingerprint density at radius 1 is 1.42 bits per heavy atom. The molecule has 19 heavy (non-hydrogen) atoms. The van der Waals surface area contributed by atoms with Gasteiger partial charge in [0, 0.05) is 6.54 Å². The van der Waals surface area contributed by atoms with E-state index in [4.69, 9.17) is 4.74 Å². The van der Waals surface area contributed by atoms with Gasteiger partial charge in [-0.05, 0) is 48.5 Å². The number of aryl methyl sites for hydroxylation is 2. The molecule has 0 bridgehead atoms. The molecule has 1 unspecified atom stereocenters. The Hall–Kier alpha value is -1.95. The van der Waals surface area contributed by atoms with E-state index in [1.54, 1.807) is 7.11 Å². The summed E-state index contributed by atoms with van der Waals surface area (Å²) in [5, 5.41) is 15.0. The minimum Gasteiger partial charge on any atom is -0.497 e. The number of nitrogens with zero attached hydrogens (tertiary/aromatic N) is 4. The lowest BCUT2D eigenvalue weighted by Crippen LogP contribution is -2.19. The van der Waals surface area contributed by atoms with Gasteiger partial charge < -0.3 is 10.1 Å². The number of benzene rings is 1. The van der Waals surface area contributed by atoms with Crippen LogP contribution in [0.1, 0.15) is 24.4 Å². The number of rotatable bonds is 6. The van der Waals surface area contributed by atoms with Crippen LogP contribution in [0.15, 0.2) is 24.3 Å². The first kappa shape index (κ1) is 13.5. The van der Waals surface area contributed by atoms with Crippen LogP contribution >= 0.6 is 0 Å². The van der Waals surface area contributed by atoms with Crippen molar-refractivity contribution in [2.24, 2.45) is 0 Å². The fraction of sp³-hybridized carbons (Fsp3) is 0.462. The normalized spacial score (nSPS) is 12.4. The van der Waals surface area contributed by atoms with E-state index >= 15 is 0 Å². The largest absolute Gasteiger partial charge is 0.497 e. The Balaban J connectivity index is 2.04. The van der Waals surface area contributed by atoms with Crippen LogP contribution in [0.25, 0.3) is 0 Å². The number of hydrogen-bond acceptors (Lipinski definition) is 5. The summed E-state index contributed by atoms with van der Waals surface area (Å²) in [6.45, 7) is 2.79. The molecule has 0 aliphatic rings. The van der Waals surface area contributed by atoms with E-state index in [1.807, 2.05) is 36.9 Å². The zero-order valence-corrected chi connectivity index (χ0v) is 11.5. The fourth-order valence-electron chi connectivity index (χ4n) is 1.87. The topological polar surface area (TPSA) is 64.9 Å². The summed E-state index contributed by atoms with van der Waals surface area (Å²) in [4.78, 5) is 0. The molecule has 6 nitrogen and oxygen atoms in total. The van der Waals surface area contributed by atoms with Gasteiger partial charge in [0.1, 0.15) is 5.75 Å². The third-order valence-corrected chi connectivity index (χ3v) is 3.13. The van der Waals surface area contributed by atoms with Crippen molar-refractivity contribution in [1.82, 2.24) is 25.5 Å². The van der Waals surface area contributed by atoms with Gasteiger partial charge in [-0.15, -0.1) is 5.10 Å². The first-order valence-corrected chi connectivity index (χ1v) is 6.31. The maximum absolute atomic E-state index is 5.21. The van der Waals surface area contributed by atoms with E-state index in [2.05, 4.69) is 26.9 Å². The highest BCUT2D eigenvalue weighted by molar-refractivity contribution is 5.28. The highest BCUT2D eigenvalue weighted by Gasteiger charge is 2.12. The smallest absolute Gasteiger partial charge is 0.167 e. The van der Waals surface area contributed by atoms with Gasteiger partial charge in [-0.1, -0.05) is 12.1 Å². The van der Waals surface area contributed by atoms with Crippen LogP contribution in [-0.4, -0.2) is 34.4 Å². The van der Waals surface area contributed by atoms with Crippen LogP contribution in [0, 0.1) is 0 Å². The highest BCUT2D eigenvalue weighted by Crippen LogP contribution is 2.14. The molecule has 102 valence electrons. The number of aromatic nitrogens is 4. The van der Waals surface area contributed by atoms with Crippen LogP contribution in [0.5, 0.6) is 5.75 Å². The fourth-order valence-corrected chi connectivity index (χ4v) is 1.87. The van der Waals surface area contributed by atoms with Crippen molar-refractivity contribution in [3.05, 3.63) is 35.7 Å². The van der Waals surface area contributed by atoms with Crippen molar-refractivity contribution in [2.45, 2.75) is 25.9 Å². The molecule has 6 heteroatoms. The molecule has 0 saturated heterocycles. The summed E-state index contributed by atoms with van der Waals surface area (Å²) >= 11 is 0. The molecule has 2 rings (SSSR count). The zero-order valence-electron chi connectivity index (χ0n) is 11.5. The average molecular weight is 261 g/mol. The van der Waals surface area contributed by atoms with Gasteiger partial charge in [-0.2, -0.15) is 0 Å². The quantitative estimate of drug-likeness (QED) is 0.846. The summed E-state index contributed by atoms with van der Waals surface area (Å²) in [6.07, 6.45) is 0.867. The van der Waals surface area contributed by atoms with E-state index in [-0.39, 0.29) is 6.04 Å². The summed E-state index contributed by atoms with van der Waals surface area (Å²) in [6, 6.07) is 8.18. The van der Waals surface area contributed by atoms with Crippen molar-refractivity contribution < 1.29 is 4.74 Å². The Morgan fingerprint density at radius 3 is 3.00 bits per heavy atom. The van der Waals surface area contributed by atoms with E-state index < -0.39 is 0 Å². The molecule has 1 heterocycles. The summed E-state index contributed by atoms with van der Waals surface area (Å²) < 4.78 is 7.05. The average Bonchev–Trinajstić information content (AvgIpc) is 2.93. The molecule has 0 radical (unpaired) electrons. The molecule has 1 aromatic carbocycles. The summed E-state index contributed by atoms with van der Waals surface area (Å²) in [5.41, 5.74) is 1.21. The number of nitrogens with one attached hydrogen (secondary N) is 1. The maximum atomic E-state index is 5.21. The summed E-state index contributed by atoms with van der Waals surface area (Å²) in [7, 11) is 3.57. The molecule has 0 spiro atoms. The first-order valence-electron chi connectivity index (χ1n) is 6.31. The SMILES string of the molecule is CNC(C)c1nnnn1CCc1cccc(OC)c1. The molecule has 0 fully saturated rings. The third-order valence-electron chi connectivity index (χ3n) is 3.13. The number of tetrazole rings is 1.